The second kappa shape index (κ2) is 3.61. The maximum atomic E-state index is 10.3. The topological polar surface area (TPSA) is 50.4 Å². The third-order valence-electron chi connectivity index (χ3n) is 1.33. The van der Waals surface area contributed by atoms with Gasteiger partial charge in [0, 0.05) is 5.56 Å². The molecule has 11 heavy (non-hydrogen) atoms. The van der Waals surface area contributed by atoms with Crippen LogP contribution in [0.2, 0.25) is 0 Å². The molecule has 1 heterocycles. The van der Waals surface area contributed by atoms with Gasteiger partial charge in [0.1, 0.15) is 0 Å². The fourth-order valence-electron chi connectivity index (χ4n) is 0.799. The van der Waals surface area contributed by atoms with Gasteiger partial charge in [0.2, 0.25) is 0 Å². The van der Waals surface area contributed by atoms with Crippen molar-refractivity contribution in [1.29, 1.82) is 0 Å². The molecule has 0 fully saturated rings. The van der Waals surface area contributed by atoms with Gasteiger partial charge in [0.25, 0.3) is 0 Å². The van der Waals surface area contributed by atoms with Crippen molar-refractivity contribution >= 4 is 6.29 Å². The minimum absolute atomic E-state index is 0.322. The monoisotopic (exact) mass is 152 g/mol. The largest absolute Gasteiger partial charge is 0.516 e. The van der Waals surface area contributed by atoms with Crippen LogP contribution in [-0.4, -0.2) is 11.4 Å². The van der Waals surface area contributed by atoms with E-state index in [-0.39, 0.29) is 0 Å². The van der Waals surface area contributed by atoms with Crippen LogP contribution in [0.4, 0.5) is 0 Å². The molecule has 58 valence electrons. The quantitative estimate of drug-likeness (QED) is 0.529. The van der Waals surface area contributed by atoms with Gasteiger partial charge < -0.3 is 9.52 Å². The molecule has 1 aromatic heterocycles. The number of rotatable bonds is 3. The highest BCUT2D eigenvalue weighted by molar-refractivity contribution is 5.72. The molecule has 0 unspecified atom stereocenters. The third kappa shape index (κ3) is 1.70. The third-order valence-corrected chi connectivity index (χ3v) is 1.33. The fraction of sp³-hybridized carbons (Fsp3) is 0.125. The summed E-state index contributed by atoms with van der Waals surface area (Å²) in [5.41, 5.74) is 0.783. The lowest BCUT2D eigenvalue weighted by Crippen LogP contribution is -1.83. The first-order valence-corrected chi connectivity index (χ1v) is 3.19. The van der Waals surface area contributed by atoms with Crippen molar-refractivity contribution < 1.29 is 14.3 Å². The van der Waals surface area contributed by atoms with Gasteiger partial charge >= 0.3 is 0 Å². The normalized spacial score (nSPS) is 10.5. The Morgan fingerprint density at radius 3 is 3.09 bits per heavy atom. The Labute approximate surface area is 64.0 Å². The van der Waals surface area contributed by atoms with Crippen LogP contribution in [0.25, 0.3) is 0 Å². The fourth-order valence-corrected chi connectivity index (χ4v) is 0.799. The van der Waals surface area contributed by atoms with Crippen molar-refractivity contribution in [3.63, 3.8) is 0 Å². The maximum absolute atomic E-state index is 10.3. The van der Waals surface area contributed by atoms with Gasteiger partial charge in [-0.3, -0.25) is 4.79 Å². The number of aliphatic hydroxyl groups excluding tert-OH is 1. The van der Waals surface area contributed by atoms with Crippen molar-refractivity contribution in [3.05, 3.63) is 36.0 Å². The molecule has 0 amide bonds. The molecule has 0 aliphatic rings. The number of hydrogen-bond acceptors (Lipinski definition) is 3. The molecule has 0 atom stereocenters. The van der Waals surface area contributed by atoms with E-state index in [1.54, 1.807) is 6.07 Å². The predicted molar refractivity (Wildman–Crippen MR) is 39.6 cm³/mol. The summed E-state index contributed by atoms with van der Waals surface area (Å²) >= 11 is 0. The lowest BCUT2D eigenvalue weighted by molar-refractivity contribution is 0.109. The molecule has 0 spiro atoms. The molecule has 3 heteroatoms. The molecule has 1 N–H and O–H groups in total. The van der Waals surface area contributed by atoms with E-state index in [0.29, 0.717) is 18.5 Å². The predicted octanol–water partition coefficient (Wildman–Crippen LogP) is 1.71. The summed E-state index contributed by atoms with van der Waals surface area (Å²) in [5, 5.41) is 8.33. The second-order valence-electron chi connectivity index (χ2n) is 2.02. The molecular formula is C8H8O3. The summed E-state index contributed by atoms with van der Waals surface area (Å²) in [5.74, 6) is 0.322. The Kier molecular flexibility index (Phi) is 2.49. The Morgan fingerprint density at radius 1 is 1.64 bits per heavy atom. The SMILES string of the molecule is O=Cc1occc1CC=CO. The van der Waals surface area contributed by atoms with Gasteiger partial charge in [-0.05, 0) is 18.6 Å². The van der Waals surface area contributed by atoms with Crippen LogP contribution in [0.3, 0.4) is 0 Å². The van der Waals surface area contributed by atoms with Gasteiger partial charge in [-0.2, -0.15) is 0 Å². The van der Waals surface area contributed by atoms with Crippen LogP contribution in [0.5, 0.6) is 0 Å². The Morgan fingerprint density at radius 2 is 2.45 bits per heavy atom. The molecule has 3 nitrogen and oxygen atoms in total. The molecule has 1 rings (SSSR count). The highest BCUT2D eigenvalue weighted by atomic mass is 16.3. The Hall–Kier alpha value is -1.51. The standard InChI is InChI=1S/C8H8O3/c9-4-1-2-7-3-5-11-8(7)6-10/h1,3-6,9H,2H2. The molecule has 0 aromatic carbocycles. The number of hydrogen-bond donors (Lipinski definition) is 1. The second-order valence-corrected chi connectivity index (χ2v) is 2.02. The molecule has 0 aliphatic heterocycles. The molecule has 0 radical (unpaired) electrons. The van der Waals surface area contributed by atoms with Gasteiger partial charge in [-0.15, -0.1) is 0 Å². The first-order chi connectivity index (χ1) is 5.38. The summed E-state index contributed by atoms with van der Waals surface area (Å²) in [6.45, 7) is 0. The number of carbonyl (C=O) groups is 1. The molecule has 0 saturated carbocycles. The highest BCUT2D eigenvalue weighted by Gasteiger charge is 2.01. The molecule has 0 aliphatic carbocycles. The van der Waals surface area contributed by atoms with Crippen molar-refractivity contribution in [3.8, 4) is 0 Å². The van der Waals surface area contributed by atoms with E-state index in [4.69, 9.17) is 9.52 Å². The first kappa shape index (κ1) is 7.60. The van der Waals surface area contributed by atoms with Crippen LogP contribution in [0.1, 0.15) is 16.1 Å². The summed E-state index contributed by atoms with van der Waals surface area (Å²) in [4.78, 5) is 10.3. The minimum Gasteiger partial charge on any atom is -0.516 e. The van der Waals surface area contributed by atoms with Crippen LogP contribution < -0.4 is 0 Å². The van der Waals surface area contributed by atoms with E-state index in [1.165, 1.54) is 12.3 Å². The van der Waals surface area contributed by atoms with Gasteiger partial charge in [0.05, 0.1) is 12.5 Å². The smallest absolute Gasteiger partial charge is 0.185 e. The van der Waals surface area contributed by atoms with Crippen LogP contribution in [0.15, 0.2) is 29.1 Å². The zero-order valence-corrected chi connectivity index (χ0v) is 5.86. The molecule has 0 bridgehead atoms. The summed E-state index contributed by atoms with van der Waals surface area (Å²) in [7, 11) is 0. The number of carbonyl (C=O) groups excluding carboxylic acids is 1. The number of furan rings is 1. The van der Waals surface area contributed by atoms with Crippen LogP contribution in [-0.2, 0) is 6.42 Å². The summed E-state index contributed by atoms with van der Waals surface area (Å²) < 4.78 is 4.83. The van der Waals surface area contributed by atoms with E-state index >= 15 is 0 Å². The van der Waals surface area contributed by atoms with Crippen molar-refractivity contribution in [2.24, 2.45) is 0 Å². The minimum atomic E-state index is 0.322. The molecule has 1 aromatic rings. The summed E-state index contributed by atoms with van der Waals surface area (Å²) in [6, 6.07) is 1.70. The number of allylic oxidation sites excluding steroid dienone is 1. The Bertz CT molecular complexity index is 260. The highest BCUT2D eigenvalue weighted by Crippen LogP contribution is 2.08. The van der Waals surface area contributed by atoms with E-state index in [2.05, 4.69) is 0 Å². The maximum Gasteiger partial charge on any atom is 0.185 e. The summed E-state index contributed by atoms with van der Waals surface area (Å²) in [6.07, 6.45) is 5.10. The van der Waals surface area contributed by atoms with E-state index in [0.717, 1.165) is 11.8 Å². The average Bonchev–Trinajstić information content (AvgIpc) is 2.47. The van der Waals surface area contributed by atoms with Crippen molar-refractivity contribution in [2.45, 2.75) is 6.42 Å². The lowest BCUT2D eigenvalue weighted by atomic mass is 10.2. The zero-order valence-electron chi connectivity index (χ0n) is 5.86. The number of aldehydes is 1. The zero-order chi connectivity index (χ0) is 8.10. The van der Waals surface area contributed by atoms with Crippen molar-refractivity contribution in [2.75, 3.05) is 0 Å². The molecule has 0 saturated heterocycles. The van der Waals surface area contributed by atoms with Gasteiger partial charge in [-0.25, -0.2) is 0 Å². The number of aliphatic hydroxyl groups is 1. The van der Waals surface area contributed by atoms with Gasteiger partial charge in [0.15, 0.2) is 12.0 Å². The van der Waals surface area contributed by atoms with Crippen LogP contribution in [0, 0.1) is 0 Å². The van der Waals surface area contributed by atoms with E-state index < -0.39 is 0 Å². The Balaban J connectivity index is 2.76. The van der Waals surface area contributed by atoms with E-state index in [9.17, 15) is 4.79 Å². The van der Waals surface area contributed by atoms with E-state index in [1.807, 2.05) is 0 Å². The van der Waals surface area contributed by atoms with Crippen LogP contribution >= 0.6 is 0 Å². The van der Waals surface area contributed by atoms with Gasteiger partial charge in [-0.1, -0.05) is 0 Å². The average molecular weight is 152 g/mol. The first-order valence-electron chi connectivity index (χ1n) is 3.19. The molecular weight excluding hydrogens is 144 g/mol. The van der Waals surface area contributed by atoms with Crippen molar-refractivity contribution in [1.82, 2.24) is 0 Å². The lowest BCUT2D eigenvalue weighted by Gasteiger charge is -1.87.